The van der Waals surface area contributed by atoms with Crippen LogP contribution in [0.5, 0.6) is 17.2 Å². The maximum atomic E-state index is 12.2. The zero-order valence-electron chi connectivity index (χ0n) is 19.4. The van der Waals surface area contributed by atoms with Crippen LogP contribution in [0.3, 0.4) is 0 Å². The first-order valence-electron chi connectivity index (χ1n) is 11.3. The molecule has 0 aliphatic heterocycles. The number of carbonyl (C=O) groups excluding carboxylic acids is 1. The summed E-state index contributed by atoms with van der Waals surface area (Å²) in [5, 5.41) is 0. The normalized spacial score (nSPS) is 11.0. The van der Waals surface area contributed by atoms with Gasteiger partial charge in [0.2, 0.25) is 0 Å². The molecule has 0 N–H and O–H groups in total. The van der Waals surface area contributed by atoms with Crippen molar-refractivity contribution in [2.24, 2.45) is 0 Å². The first-order valence-corrected chi connectivity index (χ1v) is 11.3. The molecular weight excluding hydrogens is 424 g/mol. The van der Waals surface area contributed by atoms with E-state index in [1.165, 1.54) is 11.1 Å². The number of hydrogen-bond donors (Lipinski definition) is 0. The summed E-state index contributed by atoms with van der Waals surface area (Å²) in [6.45, 7) is 4.68. The topological polar surface area (TPSA) is 44.8 Å². The summed E-state index contributed by atoms with van der Waals surface area (Å²) in [6, 6.07) is 35.1. The van der Waals surface area contributed by atoms with Crippen LogP contribution in [-0.2, 0) is 16.8 Å². The molecule has 0 unspecified atom stereocenters. The van der Waals surface area contributed by atoms with Crippen molar-refractivity contribution in [1.82, 2.24) is 0 Å². The van der Waals surface area contributed by atoms with Crippen LogP contribution in [0.2, 0.25) is 0 Å². The maximum absolute atomic E-state index is 12.2. The van der Waals surface area contributed by atoms with Gasteiger partial charge in [-0.3, -0.25) is 0 Å². The van der Waals surface area contributed by atoms with Gasteiger partial charge in [-0.2, -0.15) is 0 Å². The standard InChI is InChI=1S/C30H28O4/c1-30(2,24-11-7-4-8-12-24)25-13-15-26(16-14-25)33-22-29(31)34-28-19-17-27(18-20-28)32-21-23-9-5-3-6-10-23/h3-20H,21-22H2,1-2H3. The molecule has 4 aromatic rings. The summed E-state index contributed by atoms with van der Waals surface area (Å²) in [4.78, 5) is 12.2. The van der Waals surface area contributed by atoms with E-state index >= 15 is 0 Å². The van der Waals surface area contributed by atoms with Gasteiger partial charge in [0.25, 0.3) is 0 Å². The molecule has 0 bridgehead atoms. The van der Waals surface area contributed by atoms with Crippen LogP contribution in [-0.4, -0.2) is 12.6 Å². The van der Waals surface area contributed by atoms with Crippen molar-refractivity contribution in [3.8, 4) is 17.2 Å². The van der Waals surface area contributed by atoms with E-state index in [-0.39, 0.29) is 12.0 Å². The first kappa shape index (κ1) is 23.1. The lowest BCUT2D eigenvalue weighted by molar-refractivity contribution is -0.136. The summed E-state index contributed by atoms with van der Waals surface area (Å²) in [6.07, 6.45) is 0. The monoisotopic (exact) mass is 452 g/mol. The van der Waals surface area contributed by atoms with Crippen LogP contribution in [0.25, 0.3) is 0 Å². The third kappa shape index (κ3) is 6.04. The molecule has 0 saturated heterocycles. The van der Waals surface area contributed by atoms with E-state index in [0.717, 1.165) is 5.56 Å². The van der Waals surface area contributed by atoms with Crippen LogP contribution in [0.15, 0.2) is 109 Å². The Morgan fingerprint density at radius 3 is 1.76 bits per heavy atom. The lowest BCUT2D eigenvalue weighted by Crippen LogP contribution is -2.19. The van der Waals surface area contributed by atoms with Crippen molar-refractivity contribution in [2.45, 2.75) is 25.9 Å². The smallest absolute Gasteiger partial charge is 0.349 e. The molecule has 4 heteroatoms. The van der Waals surface area contributed by atoms with Gasteiger partial charge in [0.15, 0.2) is 6.61 Å². The van der Waals surface area contributed by atoms with Gasteiger partial charge < -0.3 is 14.2 Å². The van der Waals surface area contributed by atoms with Crippen LogP contribution < -0.4 is 14.2 Å². The predicted molar refractivity (Wildman–Crippen MR) is 133 cm³/mol. The second-order valence-corrected chi connectivity index (χ2v) is 8.52. The average molecular weight is 453 g/mol. The fourth-order valence-electron chi connectivity index (χ4n) is 3.64. The lowest BCUT2D eigenvalue weighted by atomic mass is 9.78. The maximum Gasteiger partial charge on any atom is 0.349 e. The number of ether oxygens (including phenoxy) is 3. The lowest BCUT2D eigenvalue weighted by Gasteiger charge is -2.26. The second-order valence-electron chi connectivity index (χ2n) is 8.52. The van der Waals surface area contributed by atoms with Gasteiger partial charge in [0.1, 0.15) is 23.9 Å². The largest absolute Gasteiger partial charge is 0.489 e. The Hall–Kier alpha value is -4.05. The second kappa shape index (κ2) is 10.7. The molecule has 0 heterocycles. The van der Waals surface area contributed by atoms with E-state index in [0.29, 0.717) is 23.9 Å². The van der Waals surface area contributed by atoms with Crippen LogP contribution in [0, 0.1) is 0 Å². The zero-order valence-corrected chi connectivity index (χ0v) is 19.4. The Bertz CT molecular complexity index is 1180. The average Bonchev–Trinajstić information content (AvgIpc) is 2.88. The number of esters is 1. The van der Waals surface area contributed by atoms with E-state index in [2.05, 4.69) is 26.0 Å². The summed E-state index contributed by atoms with van der Waals surface area (Å²) in [7, 11) is 0. The first-order chi connectivity index (χ1) is 16.5. The Morgan fingerprint density at radius 1 is 0.618 bits per heavy atom. The number of rotatable bonds is 9. The minimum atomic E-state index is -0.466. The van der Waals surface area contributed by atoms with Gasteiger partial charge in [0, 0.05) is 5.41 Å². The quantitative estimate of drug-likeness (QED) is 0.213. The van der Waals surface area contributed by atoms with Crippen LogP contribution >= 0.6 is 0 Å². The molecule has 0 amide bonds. The Balaban J connectivity index is 1.26. The molecule has 4 rings (SSSR count). The summed E-state index contributed by atoms with van der Waals surface area (Å²) < 4.78 is 16.7. The fraction of sp³-hybridized carbons (Fsp3) is 0.167. The van der Waals surface area contributed by atoms with Crippen molar-refractivity contribution in [3.05, 3.63) is 126 Å². The fourth-order valence-corrected chi connectivity index (χ4v) is 3.64. The van der Waals surface area contributed by atoms with Crippen LogP contribution in [0.4, 0.5) is 0 Å². The van der Waals surface area contributed by atoms with Crippen molar-refractivity contribution < 1.29 is 19.0 Å². The van der Waals surface area contributed by atoms with Crippen molar-refractivity contribution in [1.29, 1.82) is 0 Å². The Morgan fingerprint density at radius 2 is 1.12 bits per heavy atom. The molecule has 0 fully saturated rings. The molecule has 0 spiro atoms. The molecule has 0 aliphatic carbocycles. The van der Waals surface area contributed by atoms with Gasteiger partial charge in [0.05, 0.1) is 0 Å². The van der Waals surface area contributed by atoms with Gasteiger partial charge in [-0.1, -0.05) is 86.6 Å². The van der Waals surface area contributed by atoms with Crippen molar-refractivity contribution >= 4 is 5.97 Å². The highest BCUT2D eigenvalue weighted by Gasteiger charge is 2.22. The number of benzene rings is 4. The van der Waals surface area contributed by atoms with Crippen molar-refractivity contribution in [2.75, 3.05) is 6.61 Å². The molecule has 172 valence electrons. The minimum absolute atomic E-state index is 0.129. The summed E-state index contributed by atoms with van der Waals surface area (Å²) in [5.41, 5.74) is 3.37. The Kier molecular flexibility index (Phi) is 7.28. The molecule has 0 radical (unpaired) electrons. The number of hydrogen-bond acceptors (Lipinski definition) is 4. The third-order valence-corrected chi connectivity index (χ3v) is 5.73. The van der Waals surface area contributed by atoms with E-state index < -0.39 is 5.97 Å². The molecule has 4 nitrogen and oxygen atoms in total. The SMILES string of the molecule is CC(C)(c1ccccc1)c1ccc(OCC(=O)Oc2ccc(OCc3ccccc3)cc2)cc1. The predicted octanol–water partition coefficient (Wildman–Crippen LogP) is 6.58. The van der Waals surface area contributed by atoms with Crippen molar-refractivity contribution in [3.63, 3.8) is 0 Å². The van der Waals surface area contributed by atoms with Crippen LogP contribution in [0.1, 0.15) is 30.5 Å². The molecule has 0 aliphatic rings. The number of carbonyl (C=O) groups is 1. The van der Waals surface area contributed by atoms with Gasteiger partial charge >= 0.3 is 5.97 Å². The molecule has 0 saturated carbocycles. The van der Waals surface area contributed by atoms with Gasteiger partial charge in [-0.25, -0.2) is 4.79 Å². The molecule has 4 aromatic carbocycles. The summed E-state index contributed by atoms with van der Waals surface area (Å²) >= 11 is 0. The van der Waals surface area contributed by atoms with E-state index in [1.54, 1.807) is 24.3 Å². The molecule has 0 aromatic heterocycles. The highest BCUT2D eigenvalue weighted by Crippen LogP contribution is 2.32. The van der Waals surface area contributed by atoms with Gasteiger partial charge in [-0.05, 0) is 53.1 Å². The zero-order chi connectivity index (χ0) is 23.8. The molecule has 0 atom stereocenters. The van der Waals surface area contributed by atoms with Gasteiger partial charge in [-0.15, -0.1) is 0 Å². The minimum Gasteiger partial charge on any atom is -0.489 e. The van der Waals surface area contributed by atoms with E-state index in [9.17, 15) is 4.79 Å². The highest BCUT2D eigenvalue weighted by molar-refractivity contribution is 5.74. The summed E-state index contributed by atoms with van der Waals surface area (Å²) in [5.74, 6) is 1.31. The molecule has 34 heavy (non-hydrogen) atoms. The molecular formula is C30H28O4. The Labute approximate surface area is 200 Å². The van der Waals surface area contributed by atoms with E-state index in [1.807, 2.05) is 72.8 Å². The highest BCUT2D eigenvalue weighted by atomic mass is 16.6. The third-order valence-electron chi connectivity index (χ3n) is 5.73. The van der Waals surface area contributed by atoms with E-state index in [4.69, 9.17) is 14.2 Å².